The SMILES string of the molecule is C/C=C/C1CCCN1S(=O)(=O)c1ccc(C)cc1. The first-order chi connectivity index (χ1) is 8.55. The van der Waals surface area contributed by atoms with Crippen molar-refractivity contribution in [1.29, 1.82) is 0 Å². The molecule has 1 unspecified atom stereocenters. The van der Waals surface area contributed by atoms with Crippen LogP contribution in [0.2, 0.25) is 0 Å². The summed E-state index contributed by atoms with van der Waals surface area (Å²) in [5.41, 5.74) is 1.07. The maximum absolute atomic E-state index is 12.5. The van der Waals surface area contributed by atoms with Crippen LogP contribution in [0.25, 0.3) is 0 Å². The van der Waals surface area contributed by atoms with Crippen LogP contribution in [0.1, 0.15) is 25.3 Å². The predicted molar refractivity (Wildman–Crippen MR) is 72.9 cm³/mol. The molecule has 1 aliphatic heterocycles. The molecule has 1 aromatic rings. The third kappa shape index (κ3) is 2.49. The Morgan fingerprint density at radius 1 is 1.28 bits per heavy atom. The van der Waals surface area contributed by atoms with Crippen molar-refractivity contribution in [2.75, 3.05) is 6.54 Å². The molecule has 1 saturated heterocycles. The van der Waals surface area contributed by atoms with Gasteiger partial charge in [-0.1, -0.05) is 29.8 Å². The van der Waals surface area contributed by atoms with Crippen molar-refractivity contribution < 1.29 is 8.42 Å². The van der Waals surface area contributed by atoms with Gasteiger partial charge in [0.1, 0.15) is 0 Å². The van der Waals surface area contributed by atoms with Gasteiger partial charge in [0.15, 0.2) is 0 Å². The van der Waals surface area contributed by atoms with Crippen LogP contribution in [0.4, 0.5) is 0 Å². The van der Waals surface area contributed by atoms with Crippen molar-refractivity contribution in [3.8, 4) is 0 Å². The molecule has 1 heterocycles. The second-order valence-electron chi connectivity index (χ2n) is 4.66. The van der Waals surface area contributed by atoms with Crippen LogP contribution in [-0.2, 0) is 10.0 Å². The Bertz CT molecular complexity index is 531. The monoisotopic (exact) mass is 265 g/mol. The molecule has 4 heteroatoms. The highest BCUT2D eigenvalue weighted by molar-refractivity contribution is 7.89. The highest BCUT2D eigenvalue weighted by Gasteiger charge is 2.33. The lowest BCUT2D eigenvalue weighted by atomic mass is 10.2. The molecule has 0 radical (unpaired) electrons. The van der Waals surface area contributed by atoms with Crippen LogP contribution in [0.15, 0.2) is 41.3 Å². The second-order valence-corrected chi connectivity index (χ2v) is 6.55. The Balaban J connectivity index is 2.33. The topological polar surface area (TPSA) is 37.4 Å². The first-order valence-electron chi connectivity index (χ1n) is 6.27. The average molecular weight is 265 g/mol. The largest absolute Gasteiger partial charge is 0.243 e. The number of allylic oxidation sites excluding steroid dienone is 1. The van der Waals surface area contributed by atoms with Gasteiger partial charge in [0.25, 0.3) is 0 Å². The lowest BCUT2D eigenvalue weighted by molar-refractivity contribution is 0.432. The number of aryl methyl sites for hydroxylation is 1. The van der Waals surface area contributed by atoms with E-state index in [-0.39, 0.29) is 6.04 Å². The normalized spacial score (nSPS) is 21.8. The molecule has 18 heavy (non-hydrogen) atoms. The molecule has 0 bridgehead atoms. The molecule has 1 aromatic carbocycles. The van der Waals surface area contributed by atoms with Gasteiger partial charge in [-0.3, -0.25) is 0 Å². The summed E-state index contributed by atoms with van der Waals surface area (Å²) in [4.78, 5) is 0.393. The fourth-order valence-corrected chi connectivity index (χ4v) is 3.98. The van der Waals surface area contributed by atoms with Gasteiger partial charge in [0.2, 0.25) is 10.0 Å². The Kier molecular flexibility index (Phi) is 3.88. The highest BCUT2D eigenvalue weighted by atomic mass is 32.2. The summed E-state index contributed by atoms with van der Waals surface area (Å²) in [6, 6.07) is 7.08. The number of sulfonamides is 1. The minimum Gasteiger partial charge on any atom is -0.207 e. The van der Waals surface area contributed by atoms with Crippen molar-refractivity contribution in [3.63, 3.8) is 0 Å². The quantitative estimate of drug-likeness (QED) is 0.788. The van der Waals surface area contributed by atoms with E-state index in [1.54, 1.807) is 16.4 Å². The molecule has 3 nitrogen and oxygen atoms in total. The lowest BCUT2D eigenvalue weighted by Gasteiger charge is -2.21. The first-order valence-corrected chi connectivity index (χ1v) is 7.71. The molecule has 1 atom stereocenters. The Morgan fingerprint density at radius 2 is 1.94 bits per heavy atom. The number of hydrogen-bond donors (Lipinski definition) is 0. The van der Waals surface area contributed by atoms with Crippen LogP contribution in [0.3, 0.4) is 0 Å². The van der Waals surface area contributed by atoms with Crippen molar-refractivity contribution in [2.45, 2.75) is 37.6 Å². The predicted octanol–water partition coefficient (Wildman–Crippen LogP) is 2.72. The highest BCUT2D eigenvalue weighted by Crippen LogP contribution is 2.26. The number of benzene rings is 1. The summed E-state index contributed by atoms with van der Waals surface area (Å²) in [5.74, 6) is 0. The average Bonchev–Trinajstić information content (AvgIpc) is 2.79. The maximum atomic E-state index is 12.5. The standard InChI is InChI=1S/C14H19NO2S/c1-3-5-13-6-4-11-15(13)18(16,17)14-9-7-12(2)8-10-14/h3,5,7-10,13H,4,6,11H2,1-2H3/b5-3+. The third-order valence-electron chi connectivity index (χ3n) is 3.29. The van der Waals surface area contributed by atoms with Crippen LogP contribution in [-0.4, -0.2) is 25.3 Å². The zero-order chi connectivity index (χ0) is 13.2. The van der Waals surface area contributed by atoms with Crippen LogP contribution in [0, 0.1) is 6.92 Å². The molecular weight excluding hydrogens is 246 g/mol. The Morgan fingerprint density at radius 3 is 2.56 bits per heavy atom. The number of rotatable bonds is 3. The number of nitrogens with zero attached hydrogens (tertiary/aromatic N) is 1. The summed E-state index contributed by atoms with van der Waals surface area (Å²) >= 11 is 0. The second kappa shape index (κ2) is 5.24. The zero-order valence-electron chi connectivity index (χ0n) is 10.8. The lowest BCUT2D eigenvalue weighted by Crippen LogP contribution is -2.34. The molecule has 2 rings (SSSR count). The van der Waals surface area contributed by atoms with Crippen molar-refractivity contribution in [1.82, 2.24) is 4.31 Å². The van der Waals surface area contributed by atoms with E-state index in [1.807, 2.05) is 38.1 Å². The Hall–Kier alpha value is -1.13. The van der Waals surface area contributed by atoms with E-state index in [0.29, 0.717) is 11.4 Å². The summed E-state index contributed by atoms with van der Waals surface area (Å²) in [5, 5.41) is 0. The summed E-state index contributed by atoms with van der Waals surface area (Å²) in [7, 11) is -3.34. The summed E-state index contributed by atoms with van der Waals surface area (Å²) in [6.07, 6.45) is 5.74. The molecule has 0 aliphatic carbocycles. The van der Waals surface area contributed by atoms with Gasteiger partial charge >= 0.3 is 0 Å². The molecule has 0 N–H and O–H groups in total. The van der Waals surface area contributed by atoms with E-state index < -0.39 is 10.0 Å². The van der Waals surface area contributed by atoms with Gasteiger partial charge in [0, 0.05) is 12.6 Å². The minimum absolute atomic E-state index is 0.0151. The molecule has 1 aliphatic rings. The van der Waals surface area contributed by atoms with Crippen molar-refractivity contribution in [3.05, 3.63) is 42.0 Å². The van der Waals surface area contributed by atoms with E-state index in [2.05, 4.69) is 0 Å². The summed E-state index contributed by atoms with van der Waals surface area (Å²) in [6.45, 7) is 4.50. The van der Waals surface area contributed by atoms with Crippen LogP contribution >= 0.6 is 0 Å². The molecule has 0 amide bonds. The fraction of sp³-hybridized carbons (Fsp3) is 0.429. The van der Waals surface area contributed by atoms with E-state index in [0.717, 1.165) is 18.4 Å². The molecule has 0 saturated carbocycles. The van der Waals surface area contributed by atoms with Gasteiger partial charge in [0.05, 0.1) is 4.90 Å². The van der Waals surface area contributed by atoms with E-state index in [9.17, 15) is 8.42 Å². The van der Waals surface area contributed by atoms with E-state index in [1.165, 1.54) is 0 Å². The van der Waals surface area contributed by atoms with Crippen LogP contribution < -0.4 is 0 Å². The minimum atomic E-state index is -3.34. The maximum Gasteiger partial charge on any atom is 0.243 e. The van der Waals surface area contributed by atoms with Crippen molar-refractivity contribution in [2.24, 2.45) is 0 Å². The smallest absolute Gasteiger partial charge is 0.207 e. The summed E-state index contributed by atoms with van der Waals surface area (Å²) < 4.78 is 26.7. The van der Waals surface area contributed by atoms with Gasteiger partial charge < -0.3 is 0 Å². The first kappa shape index (κ1) is 13.3. The third-order valence-corrected chi connectivity index (χ3v) is 5.23. The van der Waals surface area contributed by atoms with Crippen LogP contribution in [0.5, 0.6) is 0 Å². The molecule has 0 spiro atoms. The van der Waals surface area contributed by atoms with Gasteiger partial charge in [-0.2, -0.15) is 4.31 Å². The van der Waals surface area contributed by atoms with Gasteiger partial charge in [-0.05, 0) is 38.8 Å². The fourth-order valence-electron chi connectivity index (χ4n) is 2.32. The molecule has 98 valence electrons. The van der Waals surface area contributed by atoms with Gasteiger partial charge in [-0.15, -0.1) is 0 Å². The van der Waals surface area contributed by atoms with E-state index in [4.69, 9.17) is 0 Å². The van der Waals surface area contributed by atoms with Crippen molar-refractivity contribution >= 4 is 10.0 Å². The van der Waals surface area contributed by atoms with Gasteiger partial charge in [-0.25, -0.2) is 8.42 Å². The zero-order valence-corrected chi connectivity index (χ0v) is 11.7. The van der Waals surface area contributed by atoms with E-state index >= 15 is 0 Å². The Labute approximate surface area is 109 Å². The number of hydrogen-bond acceptors (Lipinski definition) is 2. The molecule has 1 fully saturated rings. The molecule has 0 aromatic heterocycles. The molecular formula is C14H19NO2S.